The van der Waals surface area contributed by atoms with Gasteiger partial charge < -0.3 is 10.2 Å². The Morgan fingerprint density at radius 1 is 1.23 bits per heavy atom. The van der Waals surface area contributed by atoms with Crippen LogP contribution in [0.25, 0.3) is 0 Å². The third-order valence-corrected chi connectivity index (χ3v) is 6.85. The zero-order valence-corrected chi connectivity index (χ0v) is 18.4. The van der Waals surface area contributed by atoms with Gasteiger partial charge in [0.1, 0.15) is 5.82 Å². The Labute approximate surface area is 188 Å². The van der Waals surface area contributed by atoms with Crippen LogP contribution in [0.3, 0.4) is 0 Å². The number of anilines is 1. The summed E-state index contributed by atoms with van der Waals surface area (Å²) in [5.41, 5.74) is 0.623. The Hall–Kier alpha value is -1.93. The molecule has 2 aliphatic rings. The maximum Gasteiger partial charge on any atom is 0.410 e. The highest BCUT2D eigenvalue weighted by molar-refractivity contribution is 6.42. The number of amides is 1. The average molecular weight is 475 g/mol. The van der Waals surface area contributed by atoms with Gasteiger partial charge >= 0.3 is 6.18 Å². The molecule has 0 unspecified atom stereocenters. The first kappa shape index (κ1) is 22.3. The molecule has 1 N–H and O–H groups in total. The molecule has 0 spiro atoms. The minimum absolute atomic E-state index is 0.0342. The van der Waals surface area contributed by atoms with Crippen molar-refractivity contribution in [3.05, 3.63) is 45.6 Å². The van der Waals surface area contributed by atoms with Crippen molar-refractivity contribution >= 4 is 34.9 Å². The molecule has 168 valence electrons. The number of piperidine rings is 1. The summed E-state index contributed by atoms with van der Waals surface area (Å²) in [6, 6.07) is 3.79. The molecule has 0 bridgehead atoms. The summed E-state index contributed by atoms with van der Waals surface area (Å²) < 4.78 is 42.6. The maximum absolute atomic E-state index is 13.9. The van der Waals surface area contributed by atoms with Crippen LogP contribution in [0.1, 0.15) is 67.2 Å². The van der Waals surface area contributed by atoms with Crippen LogP contribution in [-0.2, 0) is 0 Å². The predicted octanol–water partition coefficient (Wildman–Crippen LogP) is 6.25. The van der Waals surface area contributed by atoms with E-state index in [1.807, 2.05) is 6.92 Å². The Balaban J connectivity index is 1.67. The third-order valence-electron chi connectivity index (χ3n) is 6.11. The normalized spacial score (nSPS) is 23.9. The van der Waals surface area contributed by atoms with Gasteiger partial charge in [0.25, 0.3) is 5.91 Å². The molecule has 0 aliphatic carbocycles. The van der Waals surface area contributed by atoms with Crippen molar-refractivity contribution in [1.29, 1.82) is 0 Å². The maximum atomic E-state index is 13.9. The number of carbonyl (C=O) groups is 1. The molecule has 5 nitrogen and oxygen atoms in total. The average Bonchev–Trinajstić information content (AvgIpc) is 3.17. The van der Waals surface area contributed by atoms with Crippen LogP contribution in [0.15, 0.2) is 24.3 Å². The molecule has 1 amide bonds. The number of likely N-dealkylation sites (tertiary alicyclic amines) is 1. The number of benzene rings is 1. The summed E-state index contributed by atoms with van der Waals surface area (Å²) in [6.07, 6.45) is -1.15. The fourth-order valence-electron chi connectivity index (χ4n) is 4.47. The predicted molar refractivity (Wildman–Crippen MR) is 114 cm³/mol. The van der Waals surface area contributed by atoms with Gasteiger partial charge in [-0.25, -0.2) is 4.68 Å². The number of fused-ring (bicyclic) bond motifs is 1. The molecule has 2 aromatic rings. The second kappa shape index (κ2) is 8.54. The minimum Gasteiger partial charge on any atom is -0.363 e. The highest BCUT2D eigenvalue weighted by Gasteiger charge is 2.47. The highest BCUT2D eigenvalue weighted by Crippen LogP contribution is 2.44. The van der Waals surface area contributed by atoms with Crippen molar-refractivity contribution in [2.45, 2.75) is 63.3 Å². The molecule has 1 saturated heterocycles. The number of alkyl halides is 3. The van der Waals surface area contributed by atoms with Crippen LogP contribution in [0.4, 0.5) is 19.0 Å². The van der Waals surface area contributed by atoms with Gasteiger partial charge in [0.05, 0.1) is 16.1 Å². The van der Waals surface area contributed by atoms with Crippen molar-refractivity contribution in [3.8, 4) is 0 Å². The van der Waals surface area contributed by atoms with E-state index in [-0.39, 0.29) is 34.9 Å². The summed E-state index contributed by atoms with van der Waals surface area (Å²) in [5, 5.41) is 7.80. The van der Waals surface area contributed by atoms with Crippen molar-refractivity contribution < 1.29 is 18.0 Å². The molecule has 1 aromatic heterocycles. The first-order valence-corrected chi connectivity index (χ1v) is 11.1. The molecule has 0 saturated carbocycles. The lowest BCUT2D eigenvalue weighted by atomic mass is 9.97. The van der Waals surface area contributed by atoms with Crippen molar-refractivity contribution in [1.82, 2.24) is 14.7 Å². The molecule has 2 aliphatic heterocycles. The number of halogens is 5. The van der Waals surface area contributed by atoms with E-state index in [4.69, 9.17) is 23.2 Å². The number of rotatable bonds is 3. The van der Waals surface area contributed by atoms with Crippen LogP contribution in [0.2, 0.25) is 10.0 Å². The van der Waals surface area contributed by atoms with Gasteiger partial charge in [-0.15, -0.1) is 0 Å². The molecule has 3 heterocycles. The minimum atomic E-state index is -4.52. The molecule has 4 rings (SSSR count). The van der Waals surface area contributed by atoms with E-state index in [0.717, 1.165) is 30.4 Å². The quantitative estimate of drug-likeness (QED) is 0.571. The van der Waals surface area contributed by atoms with Gasteiger partial charge in [-0.05, 0) is 43.4 Å². The Kier molecular flexibility index (Phi) is 6.14. The molecule has 1 aromatic carbocycles. The van der Waals surface area contributed by atoms with Crippen molar-refractivity contribution in [2.24, 2.45) is 0 Å². The van der Waals surface area contributed by atoms with Crippen LogP contribution in [-0.4, -0.2) is 39.4 Å². The first-order chi connectivity index (χ1) is 14.7. The molecule has 10 heteroatoms. The summed E-state index contributed by atoms with van der Waals surface area (Å²) in [7, 11) is 0. The fourth-order valence-corrected chi connectivity index (χ4v) is 4.77. The van der Waals surface area contributed by atoms with Gasteiger partial charge in [0, 0.05) is 25.1 Å². The van der Waals surface area contributed by atoms with Crippen LogP contribution < -0.4 is 5.32 Å². The monoisotopic (exact) mass is 474 g/mol. The van der Waals surface area contributed by atoms with Crippen LogP contribution in [0.5, 0.6) is 0 Å². The number of nitrogens with zero attached hydrogens (tertiary/aromatic N) is 3. The molecule has 31 heavy (non-hydrogen) atoms. The SMILES string of the molecule is CC[C@@H]1CCCCN1C(=O)c1cc2n(n1)[C@@H](C(F)(F)F)C[C@@H](c1ccc(Cl)c(Cl)c1)N2. The Bertz CT molecular complexity index is 978. The number of carbonyl (C=O) groups excluding carboxylic acids is 1. The second-order valence-corrected chi connectivity index (χ2v) is 8.89. The van der Waals surface area contributed by atoms with E-state index in [1.165, 1.54) is 6.07 Å². The molecular weight excluding hydrogens is 452 g/mol. The van der Waals surface area contributed by atoms with Gasteiger partial charge in [-0.2, -0.15) is 18.3 Å². The largest absolute Gasteiger partial charge is 0.410 e. The van der Waals surface area contributed by atoms with Crippen LogP contribution >= 0.6 is 23.2 Å². The van der Waals surface area contributed by atoms with E-state index >= 15 is 0 Å². The molecule has 3 atom stereocenters. The van der Waals surface area contributed by atoms with Gasteiger partial charge in [0.2, 0.25) is 0 Å². The summed E-state index contributed by atoms with van der Waals surface area (Å²) in [5.74, 6) is -0.152. The van der Waals surface area contributed by atoms with Gasteiger partial charge in [0.15, 0.2) is 11.7 Å². The molecule has 0 radical (unpaired) electrons. The highest BCUT2D eigenvalue weighted by atomic mass is 35.5. The summed E-state index contributed by atoms with van der Waals surface area (Å²) >= 11 is 12.0. The van der Waals surface area contributed by atoms with Gasteiger partial charge in [-0.1, -0.05) is 36.2 Å². The number of hydrogen-bond donors (Lipinski definition) is 1. The zero-order chi connectivity index (χ0) is 22.3. The Morgan fingerprint density at radius 3 is 2.68 bits per heavy atom. The van der Waals surface area contributed by atoms with E-state index in [0.29, 0.717) is 17.1 Å². The number of hydrogen-bond acceptors (Lipinski definition) is 3. The lowest BCUT2D eigenvalue weighted by Gasteiger charge is -2.34. The first-order valence-electron chi connectivity index (χ1n) is 10.4. The summed E-state index contributed by atoms with van der Waals surface area (Å²) in [4.78, 5) is 14.8. The standard InChI is InChI=1S/C21H23Cl2F3N4O/c1-2-13-5-3-4-8-29(13)20(31)17-11-19-27-16(12-6-7-14(22)15(23)9-12)10-18(21(24,25)26)30(19)28-17/h6-7,9,11,13,16,18,27H,2-5,8,10H2,1H3/t13-,16+,18-/m1/s1. The van der Waals surface area contributed by atoms with Crippen molar-refractivity contribution in [3.63, 3.8) is 0 Å². The number of nitrogens with one attached hydrogen (secondary N) is 1. The zero-order valence-electron chi connectivity index (χ0n) is 16.9. The topological polar surface area (TPSA) is 50.2 Å². The molecule has 1 fully saturated rings. The third kappa shape index (κ3) is 4.37. The van der Waals surface area contributed by atoms with E-state index in [2.05, 4.69) is 10.4 Å². The second-order valence-electron chi connectivity index (χ2n) is 8.08. The molecular formula is C21H23Cl2F3N4O. The van der Waals surface area contributed by atoms with Crippen molar-refractivity contribution in [2.75, 3.05) is 11.9 Å². The van der Waals surface area contributed by atoms with E-state index in [9.17, 15) is 18.0 Å². The smallest absolute Gasteiger partial charge is 0.363 e. The van der Waals surface area contributed by atoms with Gasteiger partial charge in [-0.3, -0.25) is 4.79 Å². The fraction of sp³-hybridized carbons (Fsp3) is 0.524. The summed E-state index contributed by atoms with van der Waals surface area (Å²) in [6.45, 7) is 2.61. The lowest BCUT2D eigenvalue weighted by molar-refractivity contribution is -0.173. The lowest BCUT2D eigenvalue weighted by Crippen LogP contribution is -2.43. The van der Waals surface area contributed by atoms with E-state index in [1.54, 1.807) is 23.1 Å². The van der Waals surface area contributed by atoms with E-state index < -0.39 is 18.3 Å². The van der Waals surface area contributed by atoms with Crippen LogP contribution in [0, 0.1) is 0 Å². The Morgan fingerprint density at radius 2 is 2.00 bits per heavy atom. The number of aromatic nitrogens is 2.